The highest BCUT2D eigenvalue weighted by atomic mass is 16.8. The van der Waals surface area contributed by atoms with Crippen LogP contribution in [0.2, 0.25) is 0 Å². The van der Waals surface area contributed by atoms with E-state index >= 15 is 0 Å². The molecule has 2 aliphatic heterocycles. The van der Waals surface area contributed by atoms with Crippen LogP contribution in [0, 0.1) is 39.9 Å². The Balaban J connectivity index is 1.55. The average Bonchev–Trinajstić information content (AvgIpc) is 3.28. The van der Waals surface area contributed by atoms with Crippen LogP contribution in [0.1, 0.15) is 73.6 Å². The zero-order valence-corrected chi connectivity index (χ0v) is 19.1. The van der Waals surface area contributed by atoms with Crippen LogP contribution in [0.5, 0.6) is 0 Å². The quantitative estimate of drug-likeness (QED) is 0.495. The van der Waals surface area contributed by atoms with E-state index in [0.29, 0.717) is 17.3 Å². The number of fused-ring (bicyclic) bond motifs is 8. The Morgan fingerprint density at radius 3 is 2.17 bits per heavy atom. The second-order valence-corrected chi connectivity index (χ2v) is 11.7. The van der Waals surface area contributed by atoms with Gasteiger partial charge < -0.3 is 18.9 Å². The van der Waals surface area contributed by atoms with E-state index in [4.69, 9.17) is 18.9 Å². The molecule has 0 aromatic rings. The van der Waals surface area contributed by atoms with E-state index in [2.05, 4.69) is 27.7 Å². The Labute approximate surface area is 179 Å². The van der Waals surface area contributed by atoms with Gasteiger partial charge in [-0.05, 0) is 53.8 Å². The summed E-state index contributed by atoms with van der Waals surface area (Å²) in [5.41, 5.74) is 0.437. The first-order valence-corrected chi connectivity index (χ1v) is 11.6. The Morgan fingerprint density at radius 2 is 1.50 bits per heavy atom. The van der Waals surface area contributed by atoms with Crippen LogP contribution in [-0.4, -0.2) is 36.7 Å². The molecule has 5 aliphatic rings. The number of carbonyl (C=O) groups excluding carboxylic acids is 2. The van der Waals surface area contributed by atoms with Gasteiger partial charge in [0.05, 0.1) is 18.1 Å². The van der Waals surface area contributed by atoms with Gasteiger partial charge in [-0.2, -0.15) is 0 Å². The van der Waals surface area contributed by atoms with Crippen LogP contribution in [0.15, 0.2) is 0 Å². The van der Waals surface area contributed by atoms with E-state index in [1.54, 1.807) is 0 Å². The summed E-state index contributed by atoms with van der Waals surface area (Å²) in [7, 11) is 0. The van der Waals surface area contributed by atoms with Crippen molar-refractivity contribution in [1.29, 1.82) is 0 Å². The molecule has 0 N–H and O–H groups in total. The van der Waals surface area contributed by atoms with Crippen molar-refractivity contribution in [3.63, 3.8) is 0 Å². The molecule has 2 saturated heterocycles. The summed E-state index contributed by atoms with van der Waals surface area (Å²) in [6, 6.07) is 0. The van der Waals surface area contributed by atoms with Crippen molar-refractivity contribution in [3.8, 4) is 0 Å². The molecule has 6 heteroatoms. The first kappa shape index (κ1) is 20.7. The van der Waals surface area contributed by atoms with Crippen molar-refractivity contribution in [2.75, 3.05) is 0 Å². The molecule has 0 aromatic carbocycles. The van der Waals surface area contributed by atoms with Gasteiger partial charge >= 0.3 is 11.9 Å². The molecule has 5 rings (SSSR count). The van der Waals surface area contributed by atoms with Crippen molar-refractivity contribution in [2.45, 2.75) is 98.4 Å². The van der Waals surface area contributed by atoms with Gasteiger partial charge in [0.15, 0.2) is 0 Å². The lowest BCUT2D eigenvalue weighted by molar-refractivity contribution is -0.225. The van der Waals surface area contributed by atoms with Crippen molar-refractivity contribution in [1.82, 2.24) is 0 Å². The van der Waals surface area contributed by atoms with Crippen molar-refractivity contribution in [2.24, 2.45) is 39.9 Å². The molecular weight excluding hydrogens is 384 g/mol. The van der Waals surface area contributed by atoms with Gasteiger partial charge in [-0.1, -0.05) is 34.1 Å². The number of carbonyl (C=O) groups is 2. The van der Waals surface area contributed by atoms with Crippen LogP contribution in [0.25, 0.3) is 0 Å². The van der Waals surface area contributed by atoms with Gasteiger partial charge in [0, 0.05) is 19.8 Å². The van der Waals surface area contributed by atoms with Crippen LogP contribution in [-0.2, 0) is 28.5 Å². The first-order valence-electron chi connectivity index (χ1n) is 11.6. The van der Waals surface area contributed by atoms with Gasteiger partial charge in [-0.25, -0.2) is 0 Å². The maximum Gasteiger partial charge on any atom is 0.304 e. The van der Waals surface area contributed by atoms with Gasteiger partial charge in [-0.3, -0.25) is 9.59 Å². The summed E-state index contributed by atoms with van der Waals surface area (Å²) < 4.78 is 23.7. The third-order valence-corrected chi connectivity index (χ3v) is 9.55. The van der Waals surface area contributed by atoms with Gasteiger partial charge in [0.1, 0.15) is 0 Å². The number of esters is 2. The zero-order chi connectivity index (χ0) is 21.6. The molecule has 0 aromatic heterocycles. The molecule has 6 nitrogen and oxygen atoms in total. The number of hydrogen-bond donors (Lipinski definition) is 0. The Hall–Kier alpha value is -1.14. The largest absolute Gasteiger partial charge is 0.435 e. The predicted octanol–water partition coefficient (Wildman–Crippen LogP) is 4.06. The molecule has 168 valence electrons. The zero-order valence-electron chi connectivity index (χ0n) is 19.1. The summed E-state index contributed by atoms with van der Waals surface area (Å²) >= 11 is 0. The third kappa shape index (κ3) is 2.75. The summed E-state index contributed by atoms with van der Waals surface area (Å²) in [5, 5.41) is 0. The fourth-order valence-corrected chi connectivity index (χ4v) is 8.76. The van der Waals surface area contributed by atoms with Crippen LogP contribution < -0.4 is 0 Å². The van der Waals surface area contributed by atoms with Crippen LogP contribution in [0.3, 0.4) is 0 Å². The minimum atomic E-state index is -0.710. The Kier molecular flexibility index (Phi) is 4.45. The number of epoxide rings is 1. The molecular formula is C24H36O6. The summed E-state index contributed by atoms with van der Waals surface area (Å²) in [6.07, 6.45) is 4.77. The normalized spacial score (nSPS) is 52.9. The standard InChI is InChI=1S/C24H36O6/c1-12(25)27-20-15-16(21(30-20)28-13(2)26)24(6)11-8-14-22(3,4)9-7-10-23(14,5)19(24)18-17(15)29-18/h14-21H,7-11H2,1-6H3. The van der Waals surface area contributed by atoms with E-state index in [1.165, 1.54) is 39.5 Å². The molecule has 0 spiro atoms. The number of ether oxygens (including phenoxy) is 4. The van der Waals surface area contributed by atoms with E-state index in [9.17, 15) is 9.59 Å². The topological polar surface area (TPSA) is 74.4 Å². The molecule has 0 amide bonds. The second kappa shape index (κ2) is 6.44. The maximum absolute atomic E-state index is 11.9. The average molecular weight is 421 g/mol. The number of rotatable bonds is 2. The van der Waals surface area contributed by atoms with E-state index in [1.807, 2.05) is 0 Å². The Morgan fingerprint density at radius 1 is 0.833 bits per heavy atom. The van der Waals surface area contributed by atoms with Crippen molar-refractivity contribution >= 4 is 11.9 Å². The van der Waals surface area contributed by atoms with E-state index in [0.717, 1.165) is 6.42 Å². The lowest BCUT2D eigenvalue weighted by atomic mass is 9.38. The molecule has 30 heavy (non-hydrogen) atoms. The lowest BCUT2D eigenvalue weighted by Gasteiger charge is -2.65. The Bertz CT molecular complexity index is 763. The molecule has 2 heterocycles. The smallest absolute Gasteiger partial charge is 0.304 e. The van der Waals surface area contributed by atoms with E-state index in [-0.39, 0.29) is 46.8 Å². The van der Waals surface area contributed by atoms with Crippen LogP contribution >= 0.6 is 0 Å². The highest BCUT2D eigenvalue weighted by Gasteiger charge is 2.77. The molecule has 0 bridgehead atoms. The minimum absolute atomic E-state index is 0.0126. The molecule has 5 fully saturated rings. The monoisotopic (exact) mass is 420 g/mol. The van der Waals surface area contributed by atoms with Crippen LogP contribution in [0.4, 0.5) is 0 Å². The fourth-order valence-electron chi connectivity index (χ4n) is 8.76. The summed E-state index contributed by atoms with van der Waals surface area (Å²) in [6.45, 7) is 12.5. The summed E-state index contributed by atoms with van der Waals surface area (Å²) in [5.74, 6) is 0.212. The van der Waals surface area contributed by atoms with Crippen molar-refractivity contribution in [3.05, 3.63) is 0 Å². The molecule has 10 unspecified atom stereocenters. The molecule has 3 aliphatic carbocycles. The van der Waals surface area contributed by atoms with Gasteiger partial charge in [-0.15, -0.1) is 0 Å². The fraction of sp³-hybridized carbons (Fsp3) is 0.917. The predicted molar refractivity (Wildman–Crippen MR) is 108 cm³/mol. The SMILES string of the molecule is CC(=O)OC1OC(OC(C)=O)C2C1C1OC1C1C2(C)CCC2C(C)(C)CCCC21C. The molecule has 3 saturated carbocycles. The maximum atomic E-state index is 11.9. The second-order valence-electron chi connectivity index (χ2n) is 11.7. The number of hydrogen-bond acceptors (Lipinski definition) is 6. The molecule has 0 radical (unpaired) electrons. The lowest BCUT2D eigenvalue weighted by Crippen LogP contribution is -2.63. The highest BCUT2D eigenvalue weighted by molar-refractivity contribution is 5.66. The van der Waals surface area contributed by atoms with Gasteiger partial charge in [0.25, 0.3) is 0 Å². The minimum Gasteiger partial charge on any atom is -0.435 e. The molecule has 10 atom stereocenters. The summed E-state index contributed by atoms with van der Waals surface area (Å²) in [4.78, 5) is 23.6. The van der Waals surface area contributed by atoms with E-state index < -0.39 is 12.6 Å². The third-order valence-electron chi connectivity index (χ3n) is 9.55. The highest BCUT2D eigenvalue weighted by Crippen LogP contribution is 2.74. The van der Waals surface area contributed by atoms with Crippen molar-refractivity contribution < 1.29 is 28.5 Å². The van der Waals surface area contributed by atoms with Gasteiger partial charge in [0.2, 0.25) is 12.6 Å². The first-order chi connectivity index (χ1) is 14.0.